The topological polar surface area (TPSA) is 89.5 Å². The zero-order valence-corrected chi connectivity index (χ0v) is 14.7. The van der Waals surface area contributed by atoms with E-state index in [1.54, 1.807) is 0 Å². The van der Waals surface area contributed by atoms with E-state index in [-0.39, 0.29) is 30.0 Å². The van der Waals surface area contributed by atoms with Crippen LogP contribution in [-0.4, -0.2) is 30.0 Å². The number of para-hydroxylation sites is 1. The van der Waals surface area contributed by atoms with Crippen molar-refractivity contribution in [2.75, 3.05) is 5.32 Å². The molecule has 0 fully saturated rings. The third-order valence-electron chi connectivity index (χ3n) is 4.48. The summed E-state index contributed by atoms with van der Waals surface area (Å²) in [7, 11) is 0. The highest BCUT2D eigenvalue weighted by Crippen LogP contribution is 2.46. The quantitative estimate of drug-likeness (QED) is 0.817. The van der Waals surface area contributed by atoms with E-state index in [0.717, 1.165) is 12.1 Å². The Balaban J connectivity index is 0.000000499. The van der Waals surface area contributed by atoms with Gasteiger partial charge in [0.25, 0.3) is 0 Å². The summed E-state index contributed by atoms with van der Waals surface area (Å²) in [4.78, 5) is 32.5. The van der Waals surface area contributed by atoms with Crippen LogP contribution in [0.3, 0.4) is 0 Å². The fraction of sp³-hybridized carbons (Fsp3) is 0.300. The summed E-state index contributed by atoms with van der Waals surface area (Å²) in [6.07, 6.45) is 7.85. The molecule has 0 radical (unpaired) electrons. The molecule has 0 amide bonds. The monoisotopic (exact) mass is 355 g/mol. The molecule has 26 heavy (non-hydrogen) atoms. The number of carbonyl (C=O) groups excluding carboxylic acids is 4. The number of hydrogen-bond acceptors (Lipinski definition) is 6. The molecule has 2 aliphatic rings. The maximum atomic E-state index is 8.12. The molecule has 1 aromatic carbocycles. The first kappa shape index (κ1) is 21.0. The Morgan fingerprint density at radius 1 is 1.19 bits per heavy atom. The van der Waals surface area contributed by atoms with Crippen LogP contribution in [0.2, 0.25) is 0 Å². The zero-order valence-electron chi connectivity index (χ0n) is 14.7. The van der Waals surface area contributed by atoms with Gasteiger partial charge in [-0.05, 0) is 49.6 Å². The van der Waals surface area contributed by atoms with Crippen LogP contribution >= 0.6 is 0 Å². The summed E-state index contributed by atoms with van der Waals surface area (Å²) in [6.45, 7) is 8.25. The number of ether oxygens (including phenoxy) is 1. The average Bonchev–Trinajstić information content (AvgIpc) is 3.17. The Hall–Kier alpha value is -3.04. The minimum atomic E-state index is -0.321. The molecule has 1 aromatic rings. The first-order chi connectivity index (χ1) is 12.5. The molecule has 2 aliphatic heterocycles. The van der Waals surface area contributed by atoms with E-state index in [9.17, 15) is 0 Å². The van der Waals surface area contributed by atoms with Crippen LogP contribution in [-0.2, 0) is 23.9 Å². The third-order valence-corrected chi connectivity index (χ3v) is 4.48. The largest absolute Gasteiger partial charge is 0.378 e. The summed E-state index contributed by atoms with van der Waals surface area (Å²) in [5.41, 5.74) is 3.47. The molecule has 2 unspecified atom stereocenters. The smallest absolute Gasteiger partial charge is 0.373 e. The SMILES string of the molecule is C=CC[C@@H](Nc1ccccc1)C12C=CC(O1)C(C)=C2C.O=C=O.O=C=O. The molecule has 0 saturated carbocycles. The van der Waals surface area contributed by atoms with E-state index in [0.29, 0.717) is 0 Å². The molecule has 6 nitrogen and oxygen atoms in total. The highest BCUT2D eigenvalue weighted by atomic mass is 16.5. The van der Waals surface area contributed by atoms with Gasteiger partial charge in [-0.15, -0.1) is 6.58 Å². The van der Waals surface area contributed by atoms with Gasteiger partial charge in [0.15, 0.2) is 0 Å². The molecule has 6 heteroatoms. The van der Waals surface area contributed by atoms with Gasteiger partial charge >= 0.3 is 12.3 Å². The van der Waals surface area contributed by atoms with Gasteiger partial charge in [0, 0.05) is 5.69 Å². The maximum Gasteiger partial charge on any atom is 0.373 e. The lowest BCUT2D eigenvalue weighted by molar-refractivity contribution is -0.193. The van der Waals surface area contributed by atoms with E-state index in [4.69, 9.17) is 23.9 Å². The minimum Gasteiger partial charge on any atom is -0.378 e. The van der Waals surface area contributed by atoms with E-state index in [1.807, 2.05) is 24.3 Å². The summed E-state index contributed by atoms with van der Waals surface area (Å²) in [5.74, 6) is 0. The molecule has 0 aliphatic carbocycles. The van der Waals surface area contributed by atoms with Crippen molar-refractivity contribution in [1.29, 1.82) is 0 Å². The van der Waals surface area contributed by atoms with Crippen LogP contribution < -0.4 is 5.32 Å². The summed E-state index contributed by atoms with van der Waals surface area (Å²) < 4.78 is 6.28. The number of benzene rings is 1. The second kappa shape index (κ2) is 10.1. The molecule has 2 heterocycles. The highest BCUT2D eigenvalue weighted by Gasteiger charge is 2.50. The van der Waals surface area contributed by atoms with Gasteiger partial charge in [-0.1, -0.05) is 30.4 Å². The van der Waals surface area contributed by atoms with Gasteiger partial charge in [0.05, 0.1) is 12.1 Å². The van der Waals surface area contributed by atoms with Crippen molar-refractivity contribution < 1.29 is 23.9 Å². The average molecular weight is 355 g/mol. The fourth-order valence-corrected chi connectivity index (χ4v) is 3.19. The molecule has 0 spiro atoms. The molecule has 0 saturated heterocycles. The predicted molar refractivity (Wildman–Crippen MR) is 93.8 cm³/mol. The lowest BCUT2D eigenvalue weighted by atomic mass is 9.81. The summed E-state index contributed by atoms with van der Waals surface area (Å²) in [5, 5.41) is 3.61. The third kappa shape index (κ3) is 4.52. The van der Waals surface area contributed by atoms with Crippen LogP contribution in [0.25, 0.3) is 0 Å². The molecule has 3 rings (SSSR count). The van der Waals surface area contributed by atoms with Gasteiger partial charge in [-0.25, -0.2) is 0 Å². The predicted octanol–water partition coefficient (Wildman–Crippen LogP) is 2.92. The van der Waals surface area contributed by atoms with Gasteiger partial charge in [0.2, 0.25) is 0 Å². The molecule has 2 bridgehead atoms. The van der Waals surface area contributed by atoms with Crippen molar-refractivity contribution in [2.45, 2.75) is 38.0 Å². The second-order valence-electron chi connectivity index (χ2n) is 5.75. The summed E-state index contributed by atoms with van der Waals surface area (Å²) >= 11 is 0. The zero-order chi connectivity index (χ0) is 19.6. The lowest BCUT2D eigenvalue weighted by Crippen LogP contribution is -2.45. The van der Waals surface area contributed by atoms with Crippen molar-refractivity contribution in [3.05, 3.63) is 66.3 Å². The van der Waals surface area contributed by atoms with Crippen molar-refractivity contribution in [2.24, 2.45) is 0 Å². The van der Waals surface area contributed by atoms with E-state index < -0.39 is 0 Å². The number of fused-ring (bicyclic) bond motifs is 2. The first-order valence-corrected chi connectivity index (χ1v) is 7.96. The Bertz CT molecular complexity index is 729. The van der Waals surface area contributed by atoms with E-state index >= 15 is 0 Å². The van der Waals surface area contributed by atoms with Crippen LogP contribution in [0.4, 0.5) is 5.69 Å². The molecular weight excluding hydrogens is 334 g/mol. The number of rotatable bonds is 5. The standard InChI is InChI=1S/C18H21NO.2CO2/c1-4-8-17(19-15-9-6-5-7-10-15)18-12-11-16(20-18)13(2)14(18)3;2*2-1-3/h4-7,9-12,16-17,19H,1,8H2,2-3H3;;/t16?,17-,18?;;/m1../s1. The maximum absolute atomic E-state index is 8.12. The number of anilines is 1. The van der Waals surface area contributed by atoms with Crippen LogP contribution in [0.1, 0.15) is 20.3 Å². The van der Waals surface area contributed by atoms with Crippen molar-refractivity contribution in [1.82, 2.24) is 0 Å². The summed E-state index contributed by atoms with van der Waals surface area (Å²) in [6, 6.07) is 10.5. The van der Waals surface area contributed by atoms with Crippen LogP contribution in [0.15, 0.2) is 66.3 Å². The van der Waals surface area contributed by atoms with Crippen molar-refractivity contribution in [3.8, 4) is 0 Å². The molecular formula is C20H21NO5. The molecule has 136 valence electrons. The Morgan fingerprint density at radius 2 is 1.77 bits per heavy atom. The van der Waals surface area contributed by atoms with Gasteiger partial charge in [0.1, 0.15) is 5.60 Å². The van der Waals surface area contributed by atoms with E-state index in [1.165, 1.54) is 11.1 Å². The van der Waals surface area contributed by atoms with Gasteiger partial charge in [-0.2, -0.15) is 19.2 Å². The Kier molecular flexibility index (Phi) is 8.13. The van der Waals surface area contributed by atoms with Crippen molar-refractivity contribution in [3.63, 3.8) is 0 Å². The van der Waals surface area contributed by atoms with E-state index in [2.05, 4.69) is 50.0 Å². The van der Waals surface area contributed by atoms with Gasteiger partial charge < -0.3 is 10.1 Å². The number of hydrogen-bond donors (Lipinski definition) is 1. The Labute approximate surface area is 152 Å². The molecule has 0 aromatic heterocycles. The first-order valence-electron chi connectivity index (χ1n) is 7.96. The number of nitrogens with one attached hydrogen (secondary N) is 1. The fourth-order valence-electron chi connectivity index (χ4n) is 3.19. The minimum absolute atomic E-state index is 0.153. The molecule has 3 atom stereocenters. The van der Waals surface area contributed by atoms with Crippen LogP contribution in [0, 0.1) is 0 Å². The van der Waals surface area contributed by atoms with Crippen molar-refractivity contribution >= 4 is 18.0 Å². The second-order valence-corrected chi connectivity index (χ2v) is 5.75. The lowest BCUT2D eigenvalue weighted by Gasteiger charge is -2.35. The van der Waals surface area contributed by atoms with Gasteiger partial charge in [-0.3, -0.25) is 0 Å². The molecule has 1 N–H and O–H groups in total. The van der Waals surface area contributed by atoms with Crippen LogP contribution in [0.5, 0.6) is 0 Å². The Morgan fingerprint density at radius 3 is 2.23 bits per heavy atom. The highest BCUT2D eigenvalue weighted by molar-refractivity contribution is 5.51. The normalized spacial score (nSPS) is 22.8.